The van der Waals surface area contributed by atoms with Gasteiger partial charge in [0.1, 0.15) is 6.04 Å². The van der Waals surface area contributed by atoms with E-state index in [4.69, 9.17) is 5.11 Å². The van der Waals surface area contributed by atoms with Crippen molar-refractivity contribution in [2.45, 2.75) is 25.4 Å². The standard InChI is InChI=1S/C12H20N2O2S/c1-10(14-6-3-4-7-14)12(16)13-11(5-8-15)9-17-2/h3-4,6-7,10-11,15H,5,8-9H2,1-2H3,(H,13,16). The molecule has 1 aromatic rings. The number of carbonyl (C=O) groups is 1. The van der Waals surface area contributed by atoms with Gasteiger partial charge in [-0.2, -0.15) is 11.8 Å². The number of aliphatic hydroxyl groups is 1. The largest absolute Gasteiger partial charge is 0.396 e. The highest BCUT2D eigenvalue weighted by Crippen LogP contribution is 2.08. The highest BCUT2D eigenvalue weighted by Gasteiger charge is 2.17. The molecule has 2 unspecified atom stereocenters. The maximum atomic E-state index is 12.0. The van der Waals surface area contributed by atoms with Crippen molar-refractivity contribution in [2.24, 2.45) is 0 Å². The quantitative estimate of drug-likeness (QED) is 0.772. The lowest BCUT2D eigenvalue weighted by atomic mass is 10.2. The molecule has 0 saturated carbocycles. The number of rotatable bonds is 7. The lowest BCUT2D eigenvalue weighted by Gasteiger charge is -2.20. The Bertz CT molecular complexity index is 321. The third kappa shape index (κ3) is 4.44. The fourth-order valence-corrected chi connectivity index (χ4v) is 2.27. The first-order chi connectivity index (χ1) is 8.19. The number of nitrogens with zero attached hydrogens (tertiary/aromatic N) is 1. The summed E-state index contributed by atoms with van der Waals surface area (Å²) in [5, 5.41) is 11.9. The molecule has 0 saturated heterocycles. The fourth-order valence-electron chi connectivity index (χ4n) is 1.62. The zero-order valence-electron chi connectivity index (χ0n) is 10.3. The predicted octanol–water partition coefficient (Wildman–Crippen LogP) is 1.28. The third-order valence-corrected chi connectivity index (χ3v) is 3.38. The predicted molar refractivity (Wildman–Crippen MR) is 71.2 cm³/mol. The molecule has 1 heterocycles. The molecule has 0 aliphatic heterocycles. The summed E-state index contributed by atoms with van der Waals surface area (Å²) in [7, 11) is 0. The highest BCUT2D eigenvalue weighted by atomic mass is 32.2. The molecule has 96 valence electrons. The van der Waals surface area contributed by atoms with Gasteiger partial charge in [-0.3, -0.25) is 4.79 Å². The van der Waals surface area contributed by atoms with Gasteiger partial charge in [0.25, 0.3) is 0 Å². The van der Waals surface area contributed by atoms with E-state index in [9.17, 15) is 4.79 Å². The van der Waals surface area contributed by atoms with E-state index in [-0.39, 0.29) is 24.6 Å². The Morgan fingerprint density at radius 2 is 2.12 bits per heavy atom. The molecule has 4 nitrogen and oxygen atoms in total. The molecule has 0 radical (unpaired) electrons. The van der Waals surface area contributed by atoms with Gasteiger partial charge in [-0.1, -0.05) is 0 Å². The van der Waals surface area contributed by atoms with Crippen LogP contribution in [0.25, 0.3) is 0 Å². The second-order valence-corrected chi connectivity index (χ2v) is 4.89. The van der Waals surface area contributed by atoms with Gasteiger partial charge in [-0.25, -0.2) is 0 Å². The van der Waals surface area contributed by atoms with Gasteiger partial charge in [0.15, 0.2) is 0 Å². The van der Waals surface area contributed by atoms with Gasteiger partial charge < -0.3 is 15.0 Å². The van der Waals surface area contributed by atoms with Gasteiger partial charge >= 0.3 is 0 Å². The molecule has 0 aliphatic carbocycles. The van der Waals surface area contributed by atoms with E-state index < -0.39 is 0 Å². The van der Waals surface area contributed by atoms with Crippen LogP contribution in [0.4, 0.5) is 0 Å². The molecule has 1 aromatic heterocycles. The Kier molecular flexibility index (Phi) is 6.15. The van der Waals surface area contributed by atoms with Crippen molar-refractivity contribution in [3.05, 3.63) is 24.5 Å². The number of carbonyl (C=O) groups excluding carboxylic acids is 1. The molecule has 17 heavy (non-hydrogen) atoms. The van der Waals surface area contributed by atoms with Gasteiger partial charge in [0.05, 0.1) is 0 Å². The molecule has 0 bridgehead atoms. The Hall–Kier alpha value is -0.940. The number of nitrogens with one attached hydrogen (secondary N) is 1. The van der Waals surface area contributed by atoms with Gasteiger partial charge in [-0.05, 0) is 31.7 Å². The van der Waals surface area contributed by atoms with E-state index in [2.05, 4.69) is 5.32 Å². The van der Waals surface area contributed by atoms with Crippen molar-refractivity contribution in [3.8, 4) is 0 Å². The van der Waals surface area contributed by atoms with E-state index >= 15 is 0 Å². The van der Waals surface area contributed by atoms with Gasteiger partial charge in [0.2, 0.25) is 5.91 Å². The van der Waals surface area contributed by atoms with E-state index in [1.165, 1.54) is 0 Å². The van der Waals surface area contributed by atoms with Gasteiger partial charge in [-0.15, -0.1) is 0 Å². The molecule has 0 spiro atoms. The Morgan fingerprint density at radius 1 is 1.47 bits per heavy atom. The molecular formula is C12H20N2O2S. The molecular weight excluding hydrogens is 236 g/mol. The summed E-state index contributed by atoms with van der Waals surface area (Å²) in [6.07, 6.45) is 6.34. The molecule has 1 amide bonds. The Labute approximate surface area is 106 Å². The molecule has 0 fully saturated rings. The number of aliphatic hydroxyl groups excluding tert-OH is 1. The molecule has 2 atom stereocenters. The number of amides is 1. The number of hydrogen-bond acceptors (Lipinski definition) is 3. The Morgan fingerprint density at radius 3 is 2.65 bits per heavy atom. The Balaban J connectivity index is 2.51. The van der Waals surface area contributed by atoms with Crippen LogP contribution in [-0.2, 0) is 4.79 Å². The molecule has 0 aliphatic rings. The first kappa shape index (κ1) is 14.1. The average Bonchev–Trinajstić information content (AvgIpc) is 2.82. The summed E-state index contributed by atoms with van der Waals surface area (Å²) in [5.74, 6) is 0.818. The third-order valence-electron chi connectivity index (χ3n) is 2.65. The number of aromatic nitrogens is 1. The summed E-state index contributed by atoms with van der Waals surface area (Å²) in [6, 6.07) is 3.63. The van der Waals surface area contributed by atoms with Crippen molar-refractivity contribution in [3.63, 3.8) is 0 Å². The van der Waals surface area contributed by atoms with Crippen molar-refractivity contribution < 1.29 is 9.90 Å². The van der Waals surface area contributed by atoms with Crippen LogP contribution < -0.4 is 5.32 Å². The molecule has 5 heteroatoms. The fraction of sp³-hybridized carbons (Fsp3) is 0.583. The average molecular weight is 256 g/mol. The zero-order valence-corrected chi connectivity index (χ0v) is 11.1. The summed E-state index contributed by atoms with van der Waals surface area (Å²) in [5.41, 5.74) is 0. The lowest BCUT2D eigenvalue weighted by Crippen LogP contribution is -2.40. The van der Waals surface area contributed by atoms with Crippen LogP contribution >= 0.6 is 11.8 Å². The number of hydrogen-bond donors (Lipinski definition) is 2. The molecule has 0 aromatic carbocycles. The van der Waals surface area contributed by atoms with Crippen molar-refractivity contribution in [2.75, 3.05) is 18.6 Å². The van der Waals surface area contributed by atoms with E-state index in [0.29, 0.717) is 6.42 Å². The minimum Gasteiger partial charge on any atom is -0.396 e. The second kappa shape index (κ2) is 7.40. The topological polar surface area (TPSA) is 54.3 Å². The van der Waals surface area contributed by atoms with Crippen molar-refractivity contribution >= 4 is 17.7 Å². The van der Waals surface area contributed by atoms with Crippen LogP contribution in [0.2, 0.25) is 0 Å². The minimum absolute atomic E-state index is 0.00583. The number of thioether (sulfide) groups is 1. The maximum Gasteiger partial charge on any atom is 0.243 e. The monoisotopic (exact) mass is 256 g/mol. The first-order valence-corrected chi connectivity index (χ1v) is 7.11. The SMILES string of the molecule is CSCC(CCO)NC(=O)C(C)n1cccc1. The van der Waals surface area contributed by atoms with E-state index in [1.807, 2.05) is 42.3 Å². The normalized spacial score (nSPS) is 14.3. The van der Waals surface area contributed by atoms with Crippen molar-refractivity contribution in [1.82, 2.24) is 9.88 Å². The van der Waals surface area contributed by atoms with Crippen LogP contribution in [0.1, 0.15) is 19.4 Å². The highest BCUT2D eigenvalue weighted by molar-refractivity contribution is 7.98. The smallest absolute Gasteiger partial charge is 0.243 e. The minimum atomic E-state index is -0.215. The van der Waals surface area contributed by atoms with Crippen LogP contribution in [0, 0.1) is 0 Å². The van der Waals surface area contributed by atoms with Crippen LogP contribution in [0.15, 0.2) is 24.5 Å². The summed E-state index contributed by atoms with van der Waals surface area (Å²) >= 11 is 1.67. The lowest BCUT2D eigenvalue weighted by molar-refractivity contribution is -0.124. The van der Waals surface area contributed by atoms with E-state index in [0.717, 1.165) is 5.75 Å². The second-order valence-electron chi connectivity index (χ2n) is 3.98. The van der Waals surface area contributed by atoms with Crippen LogP contribution in [0.5, 0.6) is 0 Å². The van der Waals surface area contributed by atoms with Gasteiger partial charge in [0, 0.05) is 30.8 Å². The van der Waals surface area contributed by atoms with Crippen molar-refractivity contribution in [1.29, 1.82) is 0 Å². The summed E-state index contributed by atoms with van der Waals surface area (Å²) in [6.45, 7) is 1.97. The van der Waals surface area contributed by atoms with Crippen LogP contribution in [-0.4, -0.2) is 40.2 Å². The summed E-state index contributed by atoms with van der Waals surface area (Å²) < 4.78 is 1.87. The maximum absolute atomic E-state index is 12.0. The summed E-state index contributed by atoms with van der Waals surface area (Å²) in [4.78, 5) is 12.0. The van der Waals surface area contributed by atoms with Crippen LogP contribution in [0.3, 0.4) is 0 Å². The zero-order chi connectivity index (χ0) is 12.7. The van der Waals surface area contributed by atoms with E-state index in [1.54, 1.807) is 11.8 Å². The molecule has 1 rings (SSSR count). The molecule has 2 N–H and O–H groups in total. The first-order valence-electron chi connectivity index (χ1n) is 5.71.